The van der Waals surface area contributed by atoms with Crippen LogP contribution in [-0.4, -0.2) is 49.0 Å². The van der Waals surface area contributed by atoms with E-state index < -0.39 is 0 Å². The zero-order valence-electron chi connectivity index (χ0n) is 17.2. The van der Waals surface area contributed by atoms with Gasteiger partial charge in [-0.1, -0.05) is 32.3 Å². The molecule has 2 fully saturated rings. The average molecular weight is 519 g/mol. The summed E-state index contributed by atoms with van der Waals surface area (Å²) in [6.45, 7) is 7.36. The van der Waals surface area contributed by atoms with Gasteiger partial charge in [0.05, 0.1) is 6.54 Å². The third-order valence-electron chi connectivity index (χ3n) is 5.92. The number of hydrogen-bond acceptors (Lipinski definition) is 3. The zero-order chi connectivity index (χ0) is 19.1. The Kier molecular flexibility index (Phi) is 9.53. The van der Waals surface area contributed by atoms with Gasteiger partial charge in [0.15, 0.2) is 5.96 Å². The number of halogens is 1. The van der Waals surface area contributed by atoms with Crippen LogP contribution < -0.4 is 10.6 Å². The first-order chi connectivity index (χ1) is 13.2. The molecule has 0 bridgehead atoms. The van der Waals surface area contributed by atoms with Gasteiger partial charge < -0.3 is 15.5 Å². The predicted molar refractivity (Wildman–Crippen MR) is 129 cm³/mol. The van der Waals surface area contributed by atoms with Crippen molar-refractivity contribution in [2.24, 2.45) is 4.99 Å². The van der Waals surface area contributed by atoms with Crippen molar-refractivity contribution < 1.29 is 4.79 Å². The first kappa shape index (κ1) is 23.4. The summed E-state index contributed by atoms with van der Waals surface area (Å²) in [5.41, 5.74) is 0.203. The van der Waals surface area contributed by atoms with Gasteiger partial charge in [0.25, 0.3) is 0 Å². The van der Waals surface area contributed by atoms with Crippen LogP contribution in [0.4, 0.5) is 0 Å². The Morgan fingerprint density at radius 1 is 1.32 bits per heavy atom. The Morgan fingerprint density at radius 2 is 2.11 bits per heavy atom. The summed E-state index contributed by atoms with van der Waals surface area (Å²) in [4.78, 5) is 20.4. The topological polar surface area (TPSA) is 56.7 Å². The number of guanidine groups is 1. The number of aliphatic imine (C=N–C) groups is 1. The molecule has 28 heavy (non-hydrogen) atoms. The number of nitrogens with zero attached hydrogens (tertiary/aromatic N) is 2. The van der Waals surface area contributed by atoms with E-state index in [1.54, 1.807) is 0 Å². The van der Waals surface area contributed by atoms with Gasteiger partial charge in [0.2, 0.25) is 5.91 Å². The lowest BCUT2D eigenvalue weighted by molar-refractivity contribution is -0.129. The van der Waals surface area contributed by atoms with Gasteiger partial charge in [-0.25, -0.2) is 0 Å². The highest BCUT2D eigenvalue weighted by Crippen LogP contribution is 2.41. The van der Waals surface area contributed by atoms with Crippen LogP contribution in [0.5, 0.6) is 0 Å². The van der Waals surface area contributed by atoms with Crippen molar-refractivity contribution in [2.45, 2.75) is 70.3 Å². The Balaban J connectivity index is 0.00000280. The minimum atomic E-state index is 0. The maximum Gasteiger partial charge on any atom is 0.222 e. The lowest BCUT2D eigenvalue weighted by Crippen LogP contribution is -2.46. The lowest BCUT2D eigenvalue weighted by atomic mass is 9.73. The molecule has 158 valence electrons. The van der Waals surface area contributed by atoms with Gasteiger partial charge in [-0.3, -0.25) is 9.79 Å². The number of thiophene rings is 1. The molecule has 0 radical (unpaired) electrons. The summed E-state index contributed by atoms with van der Waals surface area (Å²) < 4.78 is 0. The minimum absolute atomic E-state index is 0. The van der Waals surface area contributed by atoms with Gasteiger partial charge in [0.1, 0.15) is 0 Å². The summed E-state index contributed by atoms with van der Waals surface area (Å²) in [7, 11) is 0. The molecule has 1 atom stereocenters. The summed E-state index contributed by atoms with van der Waals surface area (Å²) in [6.07, 6.45) is 7.99. The molecule has 1 saturated carbocycles. The molecule has 1 unspecified atom stereocenters. The van der Waals surface area contributed by atoms with Crippen molar-refractivity contribution in [3.8, 4) is 0 Å². The number of carbonyl (C=O) groups is 1. The van der Waals surface area contributed by atoms with Gasteiger partial charge in [0, 0.05) is 42.4 Å². The first-order valence-electron chi connectivity index (χ1n) is 10.5. The van der Waals surface area contributed by atoms with E-state index in [0.717, 1.165) is 38.6 Å². The van der Waals surface area contributed by atoms with Crippen molar-refractivity contribution in [3.63, 3.8) is 0 Å². The average Bonchev–Trinajstić information content (AvgIpc) is 3.39. The van der Waals surface area contributed by atoms with Gasteiger partial charge in [-0.05, 0) is 37.6 Å². The van der Waals surface area contributed by atoms with Gasteiger partial charge >= 0.3 is 0 Å². The van der Waals surface area contributed by atoms with Crippen molar-refractivity contribution in [3.05, 3.63) is 22.4 Å². The largest absolute Gasteiger partial charge is 0.357 e. The molecule has 0 spiro atoms. The number of carbonyl (C=O) groups excluding carboxylic acids is 1. The number of amides is 1. The van der Waals surface area contributed by atoms with E-state index in [0.29, 0.717) is 12.5 Å². The summed E-state index contributed by atoms with van der Waals surface area (Å²) >= 11 is 1.88. The molecule has 3 rings (SSSR count). The fourth-order valence-corrected chi connectivity index (χ4v) is 5.34. The van der Waals surface area contributed by atoms with Crippen molar-refractivity contribution in [1.29, 1.82) is 0 Å². The summed E-state index contributed by atoms with van der Waals surface area (Å²) in [6, 6.07) is 4.75. The molecular weight excluding hydrogens is 483 g/mol. The van der Waals surface area contributed by atoms with Crippen LogP contribution in [0.3, 0.4) is 0 Å². The fourth-order valence-electron chi connectivity index (χ4n) is 4.36. The van der Waals surface area contributed by atoms with E-state index >= 15 is 0 Å². The SMILES string of the molecule is CCNC(=NCC1(c2cccs2)CCCCC1)NC1CCN(C(=O)CC)C1.I. The van der Waals surface area contributed by atoms with Crippen LogP contribution in [0.2, 0.25) is 0 Å². The second-order valence-electron chi connectivity index (χ2n) is 7.84. The molecule has 1 aliphatic heterocycles. The lowest BCUT2D eigenvalue weighted by Gasteiger charge is -2.35. The third kappa shape index (κ3) is 5.84. The smallest absolute Gasteiger partial charge is 0.222 e. The van der Waals surface area contributed by atoms with E-state index in [4.69, 9.17) is 4.99 Å². The molecule has 1 saturated heterocycles. The molecular formula is C21H35IN4OS. The molecule has 1 amide bonds. The quantitative estimate of drug-likeness (QED) is 0.338. The zero-order valence-corrected chi connectivity index (χ0v) is 20.4. The van der Waals surface area contributed by atoms with E-state index in [9.17, 15) is 4.79 Å². The minimum Gasteiger partial charge on any atom is -0.357 e. The molecule has 2 heterocycles. The molecule has 7 heteroatoms. The van der Waals surface area contributed by atoms with E-state index in [2.05, 4.69) is 35.1 Å². The van der Waals surface area contributed by atoms with Crippen molar-refractivity contribution >= 4 is 47.2 Å². The molecule has 0 aromatic carbocycles. The Hall–Kier alpha value is -0.830. The molecule has 1 aromatic heterocycles. The number of hydrogen-bond donors (Lipinski definition) is 2. The maximum absolute atomic E-state index is 11.9. The number of rotatable bonds is 6. The van der Waals surface area contributed by atoms with Crippen molar-refractivity contribution in [1.82, 2.24) is 15.5 Å². The Bertz CT molecular complexity index is 628. The summed E-state index contributed by atoms with van der Waals surface area (Å²) in [5.74, 6) is 1.15. The van der Waals surface area contributed by atoms with Crippen LogP contribution in [0.25, 0.3) is 0 Å². The molecule has 1 aromatic rings. The number of likely N-dealkylation sites (tertiary alicyclic amines) is 1. The monoisotopic (exact) mass is 518 g/mol. The normalized spacial score (nSPS) is 21.9. The van der Waals surface area contributed by atoms with E-state index in [-0.39, 0.29) is 35.3 Å². The number of nitrogens with one attached hydrogen (secondary N) is 2. The second kappa shape index (κ2) is 11.4. The predicted octanol–water partition coefficient (Wildman–Crippen LogP) is 4.13. The maximum atomic E-state index is 11.9. The summed E-state index contributed by atoms with van der Waals surface area (Å²) in [5, 5.41) is 9.18. The van der Waals surface area contributed by atoms with Crippen molar-refractivity contribution in [2.75, 3.05) is 26.2 Å². The highest BCUT2D eigenvalue weighted by atomic mass is 127. The first-order valence-corrected chi connectivity index (χ1v) is 11.4. The highest BCUT2D eigenvalue weighted by Gasteiger charge is 2.35. The van der Waals surface area contributed by atoms with Crippen LogP contribution >= 0.6 is 35.3 Å². The highest BCUT2D eigenvalue weighted by molar-refractivity contribution is 14.0. The fraction of sp³-hybridized carbons (Fsp3) is 0.714. The van der Waals surface area contributed by atoms with Crippen LogP contribution in [-0.2, 0) is 10.2 Å². The Labute approximate surface area is 190 Å². The Morgan fingerprint density at radius 3 is 2.75 bits per heavy atom. The van der Waals surface area contributed by atoms with E-state index in [1.165, 1.54) is 37.0 Å². The molecule has 2 N–H and O–H groups in total. The molecule has 1 aliphatic carbocycles. The van der Waals surface area contributed by atoms with Gasteiger partial charge in [-0.2, -0.15) is 0 Å². The second-order valence-corrected chi connectivity index (χ2v) is 8.78. The molecule has 5 nitrogen and oxygen atoms in total. The van der Waals surface area contributed by atoms with Crippen LogP contribution in [0.1, 0.15) is 63.7 Å². The molecule has 2 aliphatic rings. The van der Waals surface area contributed by atoms with Crippen LogP contribution in [0.15, 0.2) is 22.5 Å². The van der Waals surface area contributed by atoms with Crippen LogP contribution in [0, 0.1) is 0 Å². The standard InChI is InChI=1S/C21H34N4OS.HI/c1-3-19(26)25-13-10-17(15-25)24-20(22-4-2)23-16-21(11-6-5-7-12-21)18-9-8-14-27-18;/h8-9,14,17H,3-7,10-13,15-16H2,1-2H3,(H2,22,23,24);1H. The van der Waals surface area contributed by atoms with Gasteiger partial charge in [-0.15, -0.1) is 35.3 Å². The van der Waals surface area contributed by atoms with E-state index in [1.807, 2.05) is 23.2 Å². The third-order valence-corrected chi connectivity index (χ3v) is 7.04.